The first-order valence-corrected chi connectivity index (χ1v) is 13.9. The molecule has 0 aliphatic heterocycles. The third-order valence-electron chi connectivity index (χ3n) is 6.63. The van der Waals surface area contributed by atoms with E-state index < -0.39 is 0 Å². The lowest BCUT2D eigenvalue weighted by Gasteiger charge is -2.16. The highest BCUT2D eigenvalue weighted by molar-refractivity contribution is 6.05. The highest BCUT2D eigenvalue weighted by Gasteiger charge is 2.16. The zero-order valence-electron chi connectivity index (χ0n) is 22.7. The van der Waals surface area contributed by atoms with Gasteiger partial charge in [0, 0.05) is 29.7 Å². The van der Waals surface area contributed by atoms with Crippen LogP contribution < -0.4 is 11.1 Å². The van der Waals surface area contributed by atoms with Gasteiger partial charge in [-0.1, -0.05) is 76.5 Å². The fraction of sp³-hybridized carbons (Fsp3) is 0.406. The van der Waals surface area contributed by atoms with Crippen LogP contribution in [0.1, 0.15) is 104 Å². The van der Waals surface area contributed by atoms with E-state index in [4.69, 9.17) is 10.5 Å². The number of carbonyl (C=O) groups excluding carboxylic acids is 2. The van der Waals surface area contributed by atoms with Crippen LogP contribution in [0.5, 0.6) is 0 Å². The predicted molar refractivity (Wildman–Crippen MR) is 154 cm³/mol. The summed E-state index contributed by atoms with van der Waals surface area (Å²) in [5.74, 6) is -0.564. The summed E-state index contributed by atoms with van der Waals surface area (Å²) < 4.78 is 5.55. The average Bonchev–Trinajstić information content (AvgIpc) is 2.94. The van der Waals surface area contributed by atoms with Crippen molar-refractivity contribution in [1.82, 2.24) is 4.98 Å². The molecule has 1 unspecified atom stereocenters. The Balaban J connectivity index is 1.61. The van der Waals surface area contributed by atoms with E-state index >= 15 is 0 Å². The molecule has 3 rings (SSSR count). The van der Waals surface area contributed by atoms with Crippen LogP contribution in [-0.4, -0.2) is 23.5 Å². The van der Waals surface area contributed by atoms with Crippen molar-refractivity contribution in [3.05, 3.63) is 83.7 Å². The second-order valence-electron chi connectivity index (χ2n) is 9.83. The fourth-order valence-electron chi connectivity index (χ4n) is 4.46. The number of aromatic nitrogens is 1. The van der Waals surface area contributed by atoms with Gasteiger partial charge in [-0.15, -0.1) is 0 Å². The molecule has 0 radical (unpaired) electrons. The minimum Gasteiger partial charge on any atom is -0.462 e. The number of amides is 1. The molecular weight excluding hydrogens is 474 g/mol. The largest absolute Gasteiger partial charge is 0.462 e. The van der Waals surface area contributed by atoms with E-state index in [-0.39, 0.29) is 17.9 Å². The van der Waals surface area contributed by atoms with Crippen LogP contribution in [0.3, 0.4) is 0 Å². The molecule has 0 aliphatic rings. The highest BCUT2D eigenvalue weighted by atomic mass is 16.5. The lowest BCUT2D eigenvalue weighted by atomic mass is 9.92. The first kappa shape index (κ1) is 29.1. The molecule has 0 aliphatic carbocycles. The van der Waals surface area contributed by atoms with Crippen molar-refractivity contribution in [3.8, 4) is 11.1 Å². The molecule has 0 spiro atoms. The highest BCUT2D eigenvalue weighted by Crippen LogP contribution is 2.30. The molecule has 6 nitrogen and oxygen atoms in total. The van der Waals surface area contributed by atoms with Crippen molar-refractivity contribution in [2.75, 3.05) is 11.9 Å². The van der Waals surface area contributed by atoms with Gasteiger partial charge in [-0.3, -0.25) is 9.78 Å². The molecule has 6 heteroatoms. The zero-order valence-corrected chi connectivity index (χ0v) is 22.7. The molecule has 1 atom stereocenters. The van der Waals surface area contributed by atoms with Gasteiger partial charge in [-0.25, -0.2) is 4.79 Å². The van der Waals surface area contributed by atoms with Gasteiger partial charge < -0.3 is 15.8 Å². The van der Waals surface area contributed by atoms with E-state index in [0.717, 1.165) is 29.5 Å². The smallest absolute Gasteiger partial charge is 0.338 e. The lowest BCUT2D eigenvalue weighted by molar-refractivity contribution is 0.0497. The number of hydrogen-bond donors (Lipinski definition) is 2. The quantitative estimate of drug-likeness (QED) is 0.160. The monoisotopic (exact) mass is 515 g/mol. The molecule has 0 bridgehead atoms. The maximum atomic E-state index is 12.9. The number of nitrogens with zero attached hydrogens (tertiary/aromatic N) is 1. The van der Waals surface area contributed by atoms with Crippen molar-refractivity contribution in [3.63, 3.8) is 0 Å². The normalized spacial score (nSPS) is 11.7. The number of ether oxygens (including phenoxy) is 1. The fourth-order valence-corrected chi connectivity index (χ4v) is 4.46. The Morgan fingerprint density at radius 3 is 2.24 bits per heavy atom. The zero-order chi connectivity index (χ0) is 27.2. The Morgan fingerprint density at radius 1 is 0.868 bits per heavy atom. The molecule has 0 saturated heterocycles. The van der Waals surface area contributed by atoms with E-state index in [9.17, 15) is 9.59 Å². The number of rotatable bonds is 15. The second kappa shape index (κ2) is 15.7. The van der Waals surface area contributed by atoms with Gasteiger partial charge in [0.15, 0.2) is 0 Å². The van der Waals surface area contributed by atoms with E-state index in [1.807, 2.05) is 37.3 Å². The summed E-state index contributed by atoms with van der Waals surface area (Å²) in [5.41, 5.74) is 10.4. The lowest BCUT2D eigenvalue weighted by Crippen LogP contribution is -2.14. The van der Waals surface area contributed by atoms with E-state index in [0.29, 0.717) is 23.4 Å². The molecule has 38 heavy (non-hydrogen) atoms. The number of anilines is 1. The summed E-state index contributed by atoms with van der Waals surface area (Å²) in [6.07, 6.45) is 14.2. The van der Waals surface area contributed by atoms with Crippen LogP contribution in [0.15, 0.2) is 67.0 Å². The molecule has 0 saturated carbocycles. The molecule has 202 valence electrons. The Morgan fingerprint density at radius 2 is 1.55 bits per heavy atom. The van der Waals surface area contributed by atoms with Crippen LogP contribution in [0.4, 0.5) is 5.69 Å². The van der Waals surface area contributed by atoms with Crippen LogP contribution in [0.2, 0.25) is 0 Å². The molecular formula is C32H41N3O3. The van der Waals surface area contributed by atoms with Crippen LogP contribution in [-0.2, 0) is 4.74 Å². The first-order chi connectivity index (χ1) is 18.5. The van der Waals surface area contributed by atoms with Crippen molar-refractivity contribution >= 4 is 17.6 Å². The van der Waals surface area contributed by atoms with E-state index in [2.05, 4.69) is 17.2 Å². The third kappa shape index (κ3) is 9.10. The molecule has 2 aromatic carbocycles. The number of nitrogens with one attached hydrogen (secondary N) is 1. The molecule has 3 N–H and O–H groups in total. The van der Waals surface area contributed by atoms with E-state index in [1.165, 1.54) is 44.9 Å². The summed E-state index contributed by atoms with van der Waals surface area (Å²) >= 11 is 0. The maximum absolute atomic E-state index is 12.9. The Hall–Kier alpha value is -3.51. The Kier molecular flexibility index (Phi) is 12.0. The summed E-state index contributed by atoms with van der Waals surface area (Å²) in [6, 6.07) is 16.0. The summed E-state index contributed by atoms with van der Waals surface area (Å²) in [6.45, 7) is 4.56. The standard InChI is InChI=1S/C32H41N3O3/c1-3-4-5-6-7-8-9-10-11-21-38-32(37)27-14-12-13-25(22-27)30-23-26(15-16-29(30)24(2)33)31(36)35-28-17-19-34-20-18-28/h12-20,22-24H,3-11,21,33H2,1-2H3,(H,34,35,36). The molecule has 1 amide bonds. The first-order valence-electron chi connectivity index (χ1n) is 13.9. The van der Waals surface area contributed by atoms with Crippen molar-refractivity contribution < 1.29 is 14.3 Å². The molecule has 3 aromatic rings. The van der Waals surface area contributed by atoms with Gasteiger partial charge >= 0.3 is 5.97 Å². The number of nitrogens with two attached hydrogens (primary N) is 1. The molecule has 0 fully saturated rings. The van der Waals surface area contributed by atoms with E-state index in [1.54, 1.807) is 36.7 Å². The topological polar surface area (TPSA) is 94.3 Å². The summed E-state index contributed by atoms with van der Waals surface area (Å²) in [7, 11) is 0. The summed E-state index contributed by atoms with van der Waals surface area (Å²) in [4.78, 5) is 29.6. The number of unbranched alkanes of at least 4 members (excludes halogenated alkanes) is 8. The third-order valence-corrected chi connectivity index (χ3v) is 6.63. The average molecular weight is 516 g/mol. The number of benzene rings is 2. The number of carbonyl (C=O) groups is 2. The molecule has 1 heterocycles. The van der Waals surface area contributed by atoms with Gasteiger partial charge in [0.25, 0.3) is 5.91 Å². The maximum Gasteiger partial charge on any atom is 0.338 e. The summed E-state index contributed by atoms with van der Waals surface area (Å²) in [5, 5.41) is 2.88. The minimum absolute atomic E-state index is 0.231. The second-order valence-corrected chi connectivity index (χ2v) is 9.83. The Labute approximate surface area is 227 Å². The molecule has 1 aromatic heterocycles. The van der Waals surface area contributed by atoms with Gasteiger partial charge in [0.2, 0.25) is 0 Å². The van der Waals surface area contributed by atoms with Crippen molar-refractivity contribution in [2.24, 2.45) is 5.73 Å². The minimum atomic E-state index is -0.333. The number of esters is 1. The van der Waals surface area contributed by atoms with Gasteiger partial charge in [-0.05, 0) is 66.4 Å². The SMILES string of the molecule is CCCCCCCCCCCOC(=O)c1cccc(-c2cc(C(=O)Nc3ccncc3)ccc2C(C)N)c1. The van der Waals surface area contributed by atoms with Gasteiger partial charge in [0.05, 0.1) is 12.2 Å². The van der Waals surface area contributed by atoms with Gasteiger partial charge in [0.1, 0.15) is 0 Å². The van der Waals surface area contributed by atoms with Gasteiger partial charge in [-0.2, -0.15) is 0 Å². The van der Waals surface area contributed by atoms with Crippen LogP contribution >= 0.6 is 0 Å². The van der Waals surface area contributed by atoms with Crippen LogP contribution in [0.25, 0.3) is 11.1 Å². The number of hydrogen-bond acceptors (Lipinski definition) is 5. The Bertz CT molecular complexity index is 1160. The number of pyridine rings is 1. The van der Waals surface area contributed by atoms with Crippen molar-refractivity contribution in [1.29, 1.82) is 0 Å². The predicted octanol–water partition coefficient (Wildman–Crippen LogP) is 7.71. The van der Waals surface area contributed by atoms with Crippen LogP contribution in [0, 0.1) is 0 Å². The van der Waals surface area contributed by atoms with Crippen molar-refractivity contribution in [2.45, 2.75) is 77.7 Å².